The van der Waals surface area contributed by atoms with Crippen molar-refractivity contribution in [2.75, 3.05) is 31.6 Å². The molecule has 1 aliphatic carbocycles. The number of fused-ring (bicyclic) bond motifs is 1. The van der Waals surface area contributed by atoms with Crippen LogP contribution in [0.3, 0.4) is 0 Å². The van der Waals surface area contributed by atoms with Crippen LogP contribution in [-0.2, 0) is 11.3 Å². The molecule has 0 bridgehead atoms. The second-order valence-electron chi connectivity index (χ2n) is 9.48. The lowest BCUT2D eigenvalue weighted by molar-refractivity contribution is 0.0342. The molecule has 3 aromatic carbocycles. The summed E-state index contributed by atoms with van der Waals surface area (Å²) in [4.78, 5) is 7.05. The summed E-state index contributed by atoms with van der Waals surface area (Å²) in [7, 11) is 0. The van der Waals surface area contributed by atoms with E-state index >= 15 is 0 Å². The average Bonchev–Trinajstić information content (AvgIpc) is 3.69. The van der Waals surface area contributed by atoms with Crippen LogP contribution >= 0.6 is 0 Å². The lowest BCUT2D eigenvalue weighted by atomic mass is 10.0. The average molecular weight is 461 g/mol. The zero-order valence-electron chi connectivity index (χ0n) is 19.7. The lowest BCUT2D eigenvalue weighted by Gasteiger charge is -2.26. The van der Waals surface area contributed by atoms with Gasteiger partial charge in [0.05, 0.1) is 30.0 Å². The molecule has 2 aliphatic rings. The monoisotopic (exact) mass is 460 g/mol. The Morgan fingerprint density at radius 2 is 1.74 bits per heavy atom. The summed E-state index contributed by atoms with van der Waals surface area (Å²) in [6.45, 7) is 4.58. The Balaban J connectivity index is 1.23. The highest BCUT2D eigenvalue weighted by molar-refractivity contribution is 5.96. The fraction of sp³-hybridized carbons (Fsp3) is 0.267. The molecule has 1 aliphatic heterocycles. The third-order valence-electron chi connectivity index (χ3n) is 7.13. The zero-order chi connectivity index (χ0) is 23.6. The molecular weight excluding hydrogens is 432 g/mol. The van der Waals surface area contributed by atoms with Gasteiger partial charge in [0.1, 0.15) is 6.07 Å². The Hall–Kier alpha value is -3.72. The van der Waals surface area contributed by atoms with E-state index in [1.165, 1.54) is 16.7 Å². The Morgan fingerprint density at radius 3 is 2.51 bits per heavy atom. The molecule has 5 nitrogen and oxygen atoms in total. The van der Waals surface area contributed by atoms with E-state index in [4.69, 9.17) is 4.74 Å². The van der Waals surface area contributed by atoms with Crippen molar-refractivity contribution in [1.29, 1.82) is 5.26 Å². The molecule has 0 amide bonds. The standard InChI is InChI=1S/C30H28N4O/c31-18-25-19-32-28-16-24(22-8-6-21(7-9-22)20-34-12-14-35-15-13-34)10-11-26(28)30(25)33-29-17-27(29)23-4-2-1-3-5-23/h1-11,16,19,27,29H,12-15,17,20H2,(H,32,33)/t27-,29+/m0/s1. The minimum absolute atomic E-state index is 0.341. The first-order valence-corrected chi connectivity index (χ1v) is 12.3. The number of hydrogen-bond acceptors (Lipinski definition) is 5. The summed E-state index contributed by atoms with van der Waals surface area (Å²) in [5.41, 5.74) is 7.36. The van der Waals surface area contributed by atoms with Gasteiger partial charge >= 0.3 is 0 Å². The highest BCUT2D eigenvalue weighted by Gasteiger charge is 2.38. The minimum Gasteiger partial charge on any atom is -0.380 e. The van der Waals surface area contributed by atoms with Crippen LogP contribution < -0.4 is 5.32 Å². The van der Waals surface area contributed by atoms with Gasteiger partial charge in [-0.2, -0.15) is 5.26 Å². The van der Waals surface area contributed by atoms with E-state index < -0.39 is 0 Å². The highest BCUT2D eigenvalue weighted by Crippen LogP contribution is 2.44. The molecule has 5 heteroatoms. The fourth-order valence-electron chi connectivity index (χ4n) is 5.04. The number of nitriles is 1. The summed E-state index contributed by atoms with van der Waals surface area (Å²) in [5.74, 6) is 0.487. The van der Waals surface area contributed by atoms with Crippen LogP contribution in [-0.4, -0.2) is 42.2 Å². The zero-order valence-corrected chi connectivity index (χ0v) is 19.7. The van der Waals surface area contributed by atoms with E-state index in [0.717, 1.165) is 61.4 Å². The lowest BCUT2D eigenvalue weighted by Crippen LogP contribution is -2.35. The van der Waals surface area contributed by atoms with Crippen molar-refractivity contribution in [3.8, 4) is 17.2 Å². The number of ether oxygens (including phenoxy) is 1. The van der Waals surface area contributed by atoms with Crippen molar-refractivity contribution >= 4 is 16.6 Å². The number of nitrogens with zero attached hydrogens (tertiary/aromatic N) is 3. The molecule has 1 N–H and O–H groups in total. The van der Waals surface area contributed by atoms with Crippen molar-refractivity contribution < 1.29 is 4.74 Å². The molecule has 2 heterocycles. The maximum atomic E-state index is 9.73. The van der Waals surface area contributed by atoms with Crippen LogP contribution in [0.15, 0.2) is 79.0 Å². The van der Waals surface area contributed by atoms with Gasteiger partial charge in [0.2, 0.25) is 0 Å². The molecule has 0 radical (unpaired) electrons. The Bertz CT molecular complexity index is 1370. The van der Waals surface area contributed by atoms with E-state index in [-0.39, 0.29) is 0 Å². The van der Waals surface area contributed by atoms with Gasteiger partial charge in [-0.15, -0.1) is 0 Å². The van der Waals surface area contributed by atoms with Gasteiger partial charge in [0, 0.05) is 43.2 Å². The van der Waals surface area contributed by atoms with Crippen LogP contribution in [0.1, 0.15) is 29.0 Å². The Morgan fingerprint density at radius 1 is 0.971 bits per heavy atom. The minimum atomic E-state index is 0.341. The van der Waals surface area contributed by atoms with Crippen LogP contribution in [0.5, 0.6) is 0 Å². The largest absolute Gasteiger partial charge is 0.380 e. The number of nitrogens with one attached hydrogen (secondary N) is 1. The predicted molar refractivity (Wildman–Crippen MR) is 139 cm³/mol. The molecule has 35 heavy (non-hydrogen) atoms. The van der Waals surface area contributed by atoms with Crippen LogP contribution in [0.2, 0.25) is 0 Å². The number of rotatable bonds is 6. The molecule has 174 valence electrons. The van der Waals surface area contributed by atoms with Crippen molar-refractivity contribution in [2.24, 2.45) is 0 Å². The van der Waals surface area contributed by atoms with Crippen LogP contribution in [0.25, 0.3) is 22.0 Å². The Labute approximate surface area is 206 Å². The number of aromatic nitrogens is 1. The van der Waals surface area contributed by atoms with Crippen molar-refractivity contribution in [3.05, 3.63) is 95.7 Å². The smallest absolute Gasteiger partial charge is 0.103 e. The predicted octanol–water partition coefficient (Wildman–Crippen LogP) is 5.57. The van der Waals surface area contributed by atoms with E-state index in [1.807, 2.05) is 6.07 Å². The molecule has 4 aromatic rings. The number of hydrogen-bond donors (Lipinski definition) is 1. The number of benzene rings is 3. The second-order valence-corrected chi connectivity index (χ2v) is 9.48. The van der Waals surface area contributed by atoms with Crippen molar-refractivity contribution in [3.63, 3.8) is 0 Å². The van der Waals surface area contributed by atoms with Gasteiger partial charge in [-0.3, -0.25) is 9.88 Å². The first-order chi connectivity index (χ1) is 17.3. The summed E-state index contributed by atoms with van der Waals surface area (Å²) < 4.78 is 5.45. The quantitative estimate of drug-likeness (QED) is 0.407. The summed E-state index contributed by atoms with van der Waals surface area (Å²) in [5, 5.41) is 14.4. The first kappa shape index (κ1) is 21.8. The molecule has 0 spiro atoms. The van der Waals surface area contributed by atoms with Crippen LogP contribution in [0, 0.1) is 11.3 Å². The van der Waals surface area contributed by atoms with Gasteiger partial charge in [0.15, 0.2) is 0 Å². The maximum Gasteiger partial charge on any atom is 0.103 e. The van der Waals surface area contributed by atoms with E-state index in [2.05, 4.69) is 88.0 Å². The van der Waals surface area contributed by atoms with Gasteiger partial charge in [-0.1, -0.05) is 66.7 Å². The molecule has 1 aromatic heterocycles. The summed E-state index contributed by atoms with van der Waals surface area (Å²) in [6, 6.07) is 28.4. The van der Waals surface area contributed by atoms with E-state index in [0.29, 0.717) is 17.5 Å². The molecule has 2 fully saturated rings. The van der Waals surface area contributed by atoms with Crippen molar-refractivity contribution in [1.82, 2.24) is 9.88 Å². The SMILES string of the molecule is N#Cc1cnc2cc(-c3ccc(CN4CCOCC4)cc3)ccc2c1N[C@@H]1C[C@H]1c1ccccc1. The van der Waals surface area contributed by atoms with Crippen LogP contribution in [0.4, 0.5) is 5.69 Å². The molecule has 6 rings (SSSR count). The molecule has 2 atom stereocenters. The third-order valence-corrected chi connectivity index (χ3v) is 7.13. The topological polar surface area (TPSA) is 61.2 Å². The van der Waals surface area contributed by atoms with Gasteiger partial charge in [-0.05, 0) is 34.7 Å². The van der Waals surface area contributed by atoms with E-state index in [9.17, 15) is 5.26 Å². The number of pyridine rings is 1. The van der Waals surface area contributed by atoms with Gasteiger partial charge < -0.3 is 10.1 Å². The van der Waals surface area contributed by atoms with E-state index in [1.54, 1.807) is 6.20 Å². The van der Waals surface area contributed by atoms with Gasteiger partial charge in [-0.25, -0.2) is 0 Å². The first-order valence-electron chi connectivity index (χ1n) is 12.3. The molecule has 1 saturated carbocycles. The normalized spacial score (nSPS) is 19.9. The number of anilines is 1. The summed E-state index contributed by atoms with van der Waals surface area (Å²) >= 11 is 0. The van der Waals surface area contributed by atoms with Gasteiger partial charge in [0.25, 0.3) is 0 Å². The summed E-state index contributed by atoms with van der Waals surface area (Å²) in [6.07, 6.45) is 2.77. The maximum absolute atomic E-state index is 9.73. The van der Waals surface area contributed by atoms with Crippen molar-refractivity contribution in [2.45, 2.75) is 24.9 Å². The molecule has 1 saturated heterocycles. The highest BCUT2D eigenvalue weighted by atomic mass is 16.5. The number of morpholine rings is 1. The fourth-order valence-corrected chi connectivity index (χ4v) is 5.04. The second kappa shape index (κ2) is 9.50. The molecule has 0 unspecified atom stereocenters. The Kier molecular flexibility index (Phi) is 5.91. The third kappa shape index (κ3) is 4.64. The molecular formula is C30H28N4O.